The first-order chi connectivity index (χ1) is 13.1. The maximum Gasteiger partial charge on any atom is 0.257 e. The Morgan fingerprint density at radius 1 is 1.11 bits per heavy atom. The number of aryl methyl sites for hydroxylation is 1. The lowest BCUT2D eigenvalue weighted by molar-refractivity contribution is -0.121. The summed E-state index contributed by atoms with van der Waals surface area (Å²) in [5.41, 5.74) is 1.26. The smallest absolute Gasteiger partial charge is 0.257 e. The lowest BCUT2D eigenvalue weighted by Crippen LogP contribution is -2.35. The van der Waals surface area contributed by atoms with E-state index in [-0.39, 0.29) is 31.3 Å². The molecule has 3 aromatic heterocycles. The van der Waals surface area contributed by atoms with Crippen LogP contribution in [-0.4, -0.2) is 28.2 Å². The second kappa shape index (κ2) is 8.84. The maximum absolute atomic E-state index is 12.8. The summed E-state index contributed by atoms with van der Waals surface area (Å²) in [4.78, 5) is 30.8. The molecular weight excluding hydrogens is 346 g/mol. The van der Waals surface area contributed by atoms with Gasteiger partial charge >= 0.3 is 0 Å². The van der Waals surface area contributed by atoms with Crippen molar-refractivity contribution in [2.24, 2.45) is 0 Å². The van der Waals surface area contributed by atoms with Crippen LogP contribution >= 0.6 is 0 Å². The highest BCUT2D eigenvalue weighted by Gasteiger charge is 2.21. The quantitative estimate of drug-likeness (QED) is 0.661. The van der Waals surface area contributed by atoms with Crippen LogP contribution < -0.4 is 5.32 Å². The molecule has 0 bridgehead atoms. The third-order valence-corrected chi connectivity index (χ3v) is 4.10. The van der Waals surface area contributed by atoms with Gasteiger partial charge in [0.25, 0.3) is 5.91 Å². The van der Waals surface area contributed by atoms with E-state index < -0.39 is 0 Å². The summed E-state index contributed by atoms with van der Waals surface area (Å²) in [7, 11) is 0. The zero-order valence-electron chi connectivity index (χ0n) is 15.1. The third-order valence-electron chi connectivity index (χ3n) is 4.10. The van der Waals surface area contributed by atoms with Crippen LogP contribution in [0.2, 0.25) is 0 Å². The van der Waals surface area contributed by atoms with Crippen molar-refractivity contribution in [2.45, 2.75) is 26.4 Å². The average Bonchev–Trinajstić information content (AvgIpc) is 3.35. The van der Waals surface area contributed by atoms with Crippen LogP contribution in [0.3, 0.4) is 0 Å². The van der Waals surface area contributed by atoms with Gasteiger partial charge in [0.2, 0.25) is 5.91 Å². The molecule has 0 unspecified atom stereocenters. The molecular formula is C20H21N3O4. The van der Waals surface area contributed by atoms with E-state index in [1.807, 2.05) is 18.2 Å². The SMILES string of the molecule is Cc1occc1C(=O)N(CCC(=O)NCc1ccccn1)Cc1ccco1. The van der Waals surface area contributed by atoms with Crippen molar-refractivity contribution >= 4 is 11.8 Å². The summed E-state index contributed by atoms with van der Waals surface area (Å²) < 4.78 is 10.6. The minimum Gasteiger partial charge on any atom is -0.469 e. The number of carbonyl (C=O) groups excluding carboxylic acids is 2. The third kappa shape index (κ3) is 5.07. The van der Waals surface area contributed by atoms with Gasteiger partial charge in [0.15, 0.2) is 0 Å². The summed E-state index contributed by atoms with van der Waals surface area (Å²) in [5.74, 6) is 0.847. The molecule has 0 fully saturated rings. The predicted octanol–water partition coefficient (Wildman–Crippen LogP) is 2.92. The monoisotopic (exact) mass is 367 g/mol. The van der Waals surface area contributed by atoms with Crippen molar-refractivity contribution in [1.82, 2.24) is 15.2 Å². The number of hydrogen-bond acceptors (Lipinski definition) is 5. The molecule has 0 saturated heterocycles. The normalized spacial score (nSPS) is 10.6. The summed E-state index contributed by atoms with van der Waals surface area (Å²) in [5, 5.41) is 2.82. The van der Waals surface area contributed by atoms with E-state index in [1.165, 1.54) is 6.26 Å². The Labute approximate surface area is 157 Å². The molecule has 0 aliphatic carbocycles. The first-order valence-electron chi connectivity index (χ1n) is 8.66. The number of nitrogens with one attached hydrogen (secondary N) is 1. The lowest BCUT2D eigenvalue weighted by atomic mass is 10.2. The summed E-state index contributed by atoms with van der Waals surface area (Å²) >= 11 is 0. The molecule has 7 heteroatoms. The van der Waals surface area contributed by atoms with Gasteiger partial charge in [-0.15, -0.1) is 0 Å². The van der Waals surface area contributed by atoms with Gasteiger partial charge in [0.1, 0.15) is 11.5 Å². The number of rotatable bonds is 8. The first kappa shape index (κ1) is 18.4. The Bertz CT molecular complexity index is 872. The molecule has 0 aliphatic heterocycles. The zero-order valence-corrected chi connectivity index (χ0v) is 15.1. The molecule has 27 heavy (non-hydrogen) atoms. The van der Waals surface area contributed by atoms with Crippen LogP contribution in [0.15, 0.2) is 64.0 Å². The van der Waals surface area contributed by atoms with Crippen LogP contribution in [0.5, 0.6) is 0 Å². The van der Waals surface area contributed by atoms with Crippen molar-refractivity contribution in [3.8, 4) is 0 Å². The Hall–Kier alpha value is -3.35. The number of pyridine rings is 1. The van der Waals surface area contributed by atoms with Gasteiger partial charge in [-0.3, -0.25) is 14.6 Å². The first-order valence-corrected chi connectivity index (χ1v) is 8.66. The van der Waals surface area contributed by atoms with Gasteiger partial charge < -0.3 is 19.1 Å². The van der Waals surface area contributed by atoms with E-state index in [1.54, 1.807) is 42.5 Å². The standard InChI is InChI=1S/C20H21N3O4/c1-15-18(8-12-26-15)20(25)23(14-17-6-4-11-27-17)10-7-19(24)22-13-16-5-2-3-9-21-16/h2-6,8-9,11-12H,7,10,13-14H2,1H3,(H,22,24). The fourth-order valence-electron chi connectivity index (χ4n) is 2.64. The fraction of sp³-hybridized carbons (Fsp3) is 0.250. The van der Waals surface area contributed by atoms with Gasteiger partial charge in [-0.25, -0.2) is 0 Å². The molecule has 140 valence electrons. The van der Waals surface area contributed by atoms with Crippen molar-refractivity contribution in [1.29, 1.82) is 0 Å². The molecule has 7 nitrogen and oxygen atoms in total. The Kier molecular flexibility index (Phi) is 6.04. The summed E-state index contributed by atoms with van der Waals surface area (Å²) in [6.45, 7) is 2.63. The molecule has 0 atom stereocenters. The van der Waals surface area contributed by atoms with Crippen molar-refractivity contribution in [2.75, 3.05) is 6.54 Å². The molecule has 0 aromatic carbocycles. The fourth-order valence-corrected chi connectivity index (χ4v) is 2.64. The molecule has 3 rings (SSSR count). The molecule has 3 heterocycles. The Morgan fingerprint density at radius 3 is 2.67 bits per heavy atom. The topological polar surface area (TPSA) is 88.6 Å². The van der Waals surface area contributed by atoms with Crippen LogP contribution in [-0.2, 0) is 17.9 Å². The van der Waals surface area contributed by atoms with Crippen molar-refractivity contribution in [3.63, 3.8) is 0 Å². The van der Waals surface area contributed by atoms with E-state index >= 15 is 0 Å². The number of carbonyl (C=O) groups is 2. The van der Waals surface area contributed by atoms with Crippen LogP contribution in [0.1, 0.15) is 34.0 Å². The van der Waals surface area contributed by atoms with Crippen molar-refractivity contribution < 1.29 is 18.4 Å². The van der Waals surface area contributed by atoms with E-state index in [4.69, 9.17) is 8.83 Å². The number of hydrogen-bond donors (Lipinski definition) is 1. The van der Waals surface area contributed by atoms with Crippen LogP contribution in [0.4, 0.5) is 0 Å². The lowest BCUT2D eigenvalue weighted by Gasteiger charge is -2.21. The second-order valence-electron chi connectivity index (χ2n) is 6.04. The largest absolute Gasteiger partial charge is 0.469 e. The highest BCUT2D eigenvalue weighted by Crippen LogP contribution is 2.15. The zero-order chi connectivity index (χ0) is 19.1. The molecule has 1 N–H and O–H groups in total. The molecule has 0 spiro atoms. The molecule has 0 saturated carbocycles. The Morgan fingerprint density at radius 2 is 2.00 bits per heavy atom. The van der Waals surface area contributed by atoms with Gasteiger partial charge in [-0.05, 0) is 37.3 Å². The maximum atomic E-state index is 12.8. The average molecular weight is 367 g/mol. The summed E-state index contributed by atoms with van der Waals surface area (Å²) in [6, 6.07) is 10.7. The molecule has 3 aromatic rings. The Balaban J connectivity index is 1.60. The highest BCUT2D eigenvalue weighted by molar-refractivity contribution is 5.95. The van der Waals surface area contributed by atoms with Gasteiger partial charge in [0, 0.05) is 19.2 Å². The predicted molar refractivity (Wildman–Crippen MR) is 97.6 cm³/mol. The van der Waals surface area contributed by atoms with E-state index in [0.717, 1.165) is 5.69 Å². The number of aromatic nitrogens is 1. The second-order valence-corrected chi connectivity index (χ2v) is 6.04. The summed E-state index contributed by atoms with van der Waals surface area (Å²) in [6.07, 6.45) is 4.89. The molecule has 2 amide bonds. The number of nitrogens with zero attached hydrogens (tertiary/aromatic N) is 2. The highest BCUT2D eigenvalue weighted by atomic mass is 16.3. The van der Waals surface area contributed by atoms with Gasteiger partial charge in [0.05, 0.1) is 36.9 Å². The minimum atomic E-state index is -0.199. The minimum absolute atomic E-state index is 0.151. The van der Waals surface area contributed by atoms with Crippen molar-refractivity contribution in [3.05, 3.63) is 77.9 Å². The van der Waals surface area contributed by atoms with E-state index in [0.29, 0.717) is 23.6 Å². The van der Waals surface area contributed by atoms with E-state index in [9.17, 15) is 9.59 Å². The number of amides is 2. The number of furan rings is 2. The van der Waals surface area contributed by atoms with E-state index in [2.05, 4.69) is 10.3 Å². The van der Waals surface area contributed by atoms with Gasteiger partial charge in [-0.1, -0.05) is 6.07 Å². The molecule has 0 aliphatic rings. The van der Waals surface area contributed by atoms with Crippen LogP contribution in [0.25, 0.3) is 0 Å². The van der Waals surface area contributed by atoms with Gasteiger partial charge in [-0.2, -0.15) is 0 Å². The van der Waals surface area contributed by atoms with Crippen LogP contribution in [0, 0.1) is 6.92 Å². The molecule has 0 radical (unpaired) electrons.